The summed E-state index contributed by atoms with van der Waals surface area (Å²) < 4.78 is 11.0. The van der Waals surface area contributed by atoms with Crippen LogP contribution in [0.1, 0.15) is 10.6 Å². The molecule has 0 unspecified atom stereocenters. The minimum absolute atomic E-state index is 0.206. The van der Waals surface area contributed by atoms with E-state index in [0.717, 1.165) is 0 Å². The van der Waals surface area contributed by atoms with Crippen LogP contribution in [-0.2, 0) is 0 Å². The van der Waals surface area contributed by atoms with Gasteiger partial charge < -0.3 is 14.1 Å². The fourth-order valence-corrected chi connectivity index (χ4v) is 1.93. The summed E-state index contributed by atoms with van der Waals surface area (Å²) in [6, 6.07) is 16.0. The molecule has 0 spiro atoms. The number of rotatable bonds is 4. The zero-order chi connectivity index (χ0) is 15.4. The molecule has 1 amide bonds. The summed E-state index contributed by atoms with van der Waals surface area (Å²) in [5.74, 6) is 0.860. The van der Waals surface area contributed by atoms with Gasteiger partial charge in [0, 0.05) is 19.3 Å². The SMILES string of the molecule is CN(C(=O)c1ccc(Oc2ccccc2)o1)c1cccnc1. The van der Waals surface area contributed by atoms with Crippen molar-refractivity contribution in [3.63, 3.8) is 0 Å². The molecule has 3 aromatic rings. The lowest BCUT2D eigenvalue weighted by Gasteiger charge is -2.14. The van der Waals surface area contributed by atoms with Crippen molar-refractivity contribution >= 4 is 11.6 Å². The van der Waals surface area contributed by atoms with Gasteiger partial charge in [-0.25, -0.2) is 0 Å². The first kappa shape index (κ1) is 13.9. The summed E-state index contributed by atoms with van der Waals surface area (Å²) in [6.45, 7) is 0. The van der Waals surface area contributed by atoms with Gasteiger partial charge in [0.25, 0.3) is 11.9 Å². The quantitative estimate of drug-likeness (QED) is 0.735. The molecule has 0 N–H and O–H groups in total. The van der Waals surface area contributed by atoms with Gasteiger partial charge in [-0.15, -0.1) is 0 Å². The summed E-state index contributed by atoms with van der Waals surface area (Å²) in [5.41, 5.74) is 0.689. The first-order valence-electron chi connectivity index (χ1n) is 6.75. The van der Waals surface area contributed by atoms with Crippen molar-refractivity contribution < 1.29 is 13.9 Å². The van der Waals surface area contributed by atoms with Crippen LogP contribution in [0.5, 0.6) is 11.7 Å². The molecule has 0 saturated carbocycles. The van der Waals surface area contributed by atoms with Gasteiger partial charge >= 0.3 is 0 Å². The summed E-state index contributed by atoms with van der Waals surface area (Å²) in [7, 11) is 1.67. The zero-order valence-electron chi connectivity index (χ0n) is 12.0. The number of carbonyl (C=O) groups is 1. The minimum atomic E-state index is -0.268. The molecule has 0 aliphatic heterocycles. The number of carbonyl (C=O) groups excluding carboxylic acids is 1. The minimum Gasteiger partial charge on any atom is -0.426 e. The number of anilines is 1. The normalized spacial score (nSPS) is 10.2. The Balaban J connectivity index is 1.74. The van der Waals surface area contributed by atoms with Gasteiger partial charge in [-0.2, -0.15) is 0 Å². The number of pyridine rings is 1. The number of benzene rings is 1. The zero-order valence-corrected chi connectivity index (χ0v) is 12.0. The van der Waals surface area contributed by atoms with Crippen LogP contribution >= 0.6 is 0 Å². The predicted molar refractivity (Wildman–Crippen MR) is 82.2 cm³/mol. The average Bonchev–Trinajstić information content (AvgIpc) is 3.04. The third kappa shape index (κ3) is 2.98. The van der Waals surface area contributed by atoms with Gasteiger partial charge in [0.1, 0.15) is 5.75 Å². The number of aromatic nitrogens is 1. The van der Waals surface area contributed by atoms with Crippen LogP contribution in [0.25, 0.3) is 0 Å². The van der Waals surface area contributed by atoms with Crippen LogP contribution in [0.3, 0.4) is 0 Å². The van der Waals surface area contributed by atoms with Crippen LogP contribution in [-0.4, -0.2) is 17.9 Å². The van der Waals surface area contributed by atoms with E-state index >= 15 is 0 Å². The number of hydrogen-bond donors (Lipinski definition) is 0. The number of ether oxygens (including phenoxy) is 1. The van der Waals surface area contributed by atoms with Crippen molar-refractivity contribution in [1.29, 1.82) is 0 Å². The van der Waals surface area contributed by atoms with Gasteiger partial charge in [0.15, 0.2) is 5.76 Å². The van der Waals surface area contributed by atoms with Crippen LogP contribution in [0, 0.1) is 0 Å². The molecule has 1 aromatic carbocycles. The molecule has 0 saturated heterocycles. The van der Waals surface area contributed by atoms with E-state index in [2.05, 4.69) is 4.98 Å². The largest absolute Gasteiger partial charge is 0.426 e. The second kappa shape index (κ2) is 6.13. The Hall–Kier alpha value is -3.08. The topological polar surface area (TPSA) is 55.6 Å². The number of para-hydroxylation sites is 1. The first-order chi connectivity index (χ1) is 10.7. The molecule has 2 heterocycles. The smallest absolute Gasteiger partial charge is 0.293 e. The van der Waals surface area contributed by atoms with E-state index in [1.807, 2.05) is 30.3 Å². The van der Waals surface area contributed by atoms with Gasteiger partial charge in [-0.1, -0.05) is 18.2 Å². The van der Waals surface area contributed by atoms with Gasteiger partial charge in [-0.05, 0) is 30.3 Å². The Morgan fingerprint density at radius 2 is 1.91 bits per heavy atom. The van der Waals surface area contributed by atoms with E-state index in [1.165, 1.54) is 4.90 Å². The highest BCUT2D eigenvalue weighted by atomic mass is 16.6. The molecule has 0 aliphatic carbocycles. The molecular weight excluding hydrogens is 280 g/mol. The summed E-state index contributed by atoms with van der Waals surface area (Å²) in [5, 5.41) is 0. The first-order valence-corrected chi connectivity index (χ1v) is 6.75. The molecule has 110 valence electrons. The number of hydrogen-bond acceptors (Lipinski definition) is 4. The molecule has 5 nitrogen and oxygen atoms in total. The van der Waals surface area contributed by atoms with Crippen molar-refractivity contribution in [2.24, 2.45) is 0 Å². The third-order valence-corrected chi connectivity index (χ3v) is 3.09. The molecule has 0 atom stereocenters. The second-order valence-electron chi connectivity index (χ2n) is 4.61. The monoisotopic (exact) mass is 294 g/mol. The van der Waals surface area contributed by atoms with Crippen molar-refractivity contribution in [2.75, 3.05) is 11.9 Å². The van der Waals surface area contributed by atoms with Crippen LogP contribution in [0.4, 0.5) is 5.69 Å². The van der Waals surface area contributed by atoms with Crippen molar-refractivity contribution in [3.8, 4) is 11.7 Å². The summed E-state index contributed by atoms with van der Waals surface area (Å²) in [4.78, 5) is 17.8. The fraction of sp³-hybridized carbons (Fsp3) is 0.0588. The highest BCUT2D eigenvalue weighted by molar-refractivity contribution is 6.03. The highest BCUT2D eigenvalue weighted by Gasteiger charge is 2.18. The summed E-state index contributed by atoms with van der Waals surface area (Å²) in [6.07, 6.45) is 3.27. The lowest BCUT2D eigenvalue weighted by molar-refractivity contribution is 0.0961. The van der Waals surface area contributed by atoms with E-state index in [4.69, 9.17) is 9.15 Å². The van der Waals surface area contributed by atoms with E-state index in [0.29, 0.717) is 11.4 Å². The molecule has 0 aliphatic rings. The van der Waals surface area contributed by atoms with Gasteiger partial charge in [-0.3, -0.25) is 9.78 Å². The molecule has 5 heteroatoms. The lowest BCUT2D eigenvalue weighted by atomic mass is 10.3. The van der Waals surface area contributed by atoms with Gasteiger partial charge in [0.05, 0.1) is 11.9 Å². The maximum atomic E-state index is 12.4. The summed E-state index contributed by atoms with van der Waals surface area (Å²) >= 11 is 0. The fourth-order valence-electron chi connectivity index (χ4n) is 1.93. The van der Waals surface area contributed by atoms with Gasteiger partial charge in [0.2, 0.25) is 0 Å². The second-order valence-corrected chi connectivity index (χ2v) is 4.61. The predicted octanol–water partition coefficient (Wildman–Crippen LogP) is 3.74. The van der Waals surface area contributed by atoms with E-state index in [9.17, 15) is 4.79 Å². The van der Waals surface area contributed by atoms with Crippen molar-refractivity contribution in [3.05, 3.63) is 72.8 Å². The Morgan fingerprint density at radius 3 is 2.64 bits per heavy atom. The maximum absolute atomic E-state index is 12.4. The average molecular weight is 294 g/mol. The highest BCUT2D eigenvalue weighted by Crippen LogP contribution is 2.24. The number of nitrogens with zero attached hydrogens (tertiary/aromatic N) is 2. The molecule has 2 aromatic heterocycles. The number of amides is 1. The molecule has 0 radical (unpaired) electrons. The van der Waals surface area contributed by atoms with Crippen molar-refractivity contribution in [1.82, 2.24) is 4.98 Å². The maximum Gasteiger partial charge on any atom is 0.293 e. The van der Waals surface area contributed by atoms with Crippen LogP contribution in [0.15, 0.2) is 71.4 Å². The van der Waals surface area contributed by atoms with Crippen LogP contribution in [0.2, 0.25) is 0 Å². The van der Waals surface area contributed by atoms with E-state index in [-0.39, 0.29) is 17.6 Å². The Kier molecular flexibility index (Phi) is 3.87. The Labute approximate surface area is 127 Å². The van der Waals surface area contributed by atoms with Crippen molar-refractivity contribution in [2.45, 2.75) is 0 Å². The molecule has 22 heavy (non-hydrogen) atoms. The third-order valence-electron chi connectivity index (χ3n) is 3.09. The van der Waals surface area contributed by atoms with Crippen LogP contribution < -0.4 is 9.64 Å². The molecule has 0 fully saturated rings. The molecule has 3 rings (SSSR count). The number of furan rings is 1. The standard InChI is InChI=1S/C17H14N2O3/c1-19(13-6-5-11-18-12-13)17(20)15-9-10-16(22-15)21-14-7-3-2-4-8-14/h2-12H,1H3. The Bertz CT molecular complexity index is 754. The Morgan fingerprint density at radius 1 is 1.09 bits per heavy atom. The lowest BCUT2D eigenvalue weighted by Crippen LogP contribution is -2.25. The van der Waals surface area contributed by atoms with E-state index in [1.54, 1.807) is 43.7 Å². The molecule has 0 bridgehead atoms. The van der Waals surface area contributed by atoms with E-state index < -0.39 is 0 Å². The molecular formula is C17H14N2O3.